The molecule has 3 N–H and O–H groups in total. The van der Waals surface area contributed by atoms with Crippen molar-refractivity contribution in [3.63, 3.8) is 0 Å². The maximum Gasteiger partial charge on any atom is 0.263 e. The maximum atomic E-state index is 12.6. The number of oxime groups is 1. The molecule has 1 aromatic heterocycles. The van der Waals surface area contributed by atoms with Crippen molar-refractivity contribution < 1.29 is 10.0 Å². The van der Waals surface area contributed by atoms with Crippen LogP contribution in [0.5, 0.6) is 0 Å². The van der Waals surface area contributed by atoms with Crippen molar-refractivity contribution in [2.75, 3.05) is 13.1 Å². The van der Waals surface area contributed by atoms with Crippen LogP contribution in [0.3, 0.4) is 0 Å². The summed E-state index contributed by atoms with van der Waals surface area (Å²) in [6.45, 7) is 4.88. The van der Waals surface area contributed by atoms with E-state index in [-0.39, 0.29) is 17.7 Å². The summed E-state index contributed by atoms with van der Waals surface area (Å²) in [5.74, 6) is 0.0506. The van der Waals surface area contributed by atoms with Gasteiger partial charge in [-0.05, 0) is 44.2 Å². The molecule has 1 unspecified atom stereocenters. The lowest BCUT2D eigenvalue weighted by Crippen LogP contribution is -2.38. The minimum atomic E-state index is -0.159. The van der Waals surface area contributed by atoms with E-state index in [0.717, 1.165) is 17.7 Å². The van der Waals surface area contributed by atoms with Gasteiger partial charge < -0.3 is 15.8 Å². The number of thiophene rings is 1. The third-order valence-corrected chi connectivity index (χ3v) is 5.22. The smallest absolute Gasteiger partial charge is 0.263 e. The summed E-state index contributed by atoms with van der Waals surface area (Å²) in [7, 11) is 0. The van der Waals surface area contributed by atoms with Crippen molar-refractivity contribution >= 4 is 23.1 Å². The molecule has 0 fully saturated rings. The molecule has 0 radical (unpaired) electrons. The van der Waals surface area contributed by atoms with Gasteiger partial charge >= 0.3 is 0 Å². The van der Waals surface area contributed by atoms with E-state index >= 15 is 0 Å². The van der Waals surface area contributed by atoms with Crippen molar-refractivity contribution in [3.05, 3.63) is 21.4 Å². The monoisotopic (exact) mass is 309 g/mol. The van der Waals surface area contributed by atoms with Gasteiger partial charge in [-0.3, -0.25) is 4.79 Å². The summed E-state index contributed by atoms with van der Waals surface area (Å²) < 4.78 is 0. The van der Waals surface area contributed by atoms with Crippen LogP contribution in [0.4, 0.5) is 0 Å². The molecule has 0 bridgehead atoms. The average Bonchev–Trinajstić information content (AvgIpc) is 2.94. The molecule has 6 heteroatoms. The summed E-state index contributed by atoms with van der Waals surface area (Å²) in [4.78, 5) is 16.6. The highest BCUT2D eigenvalue weighted by molar-refractivity contribution is 7.14. The van der Waals surface area contributed by atoms with Crippen LogP contribution in [0, 0.1) is 5.92 Å². The van der Waals surface area contributed by atoms with E-state index in [1.165, 1.54) is 23.3 Å². The molecule has 0 saturated heterocycles. The highest BCUT2D eigenvalue weighted by Crippen LogP contribution is 2.30. The third kappa shape index (κ3) is 3.56. The molecular formula is C15H23N3O2S. The Morgan fingerprint density at radius 3 is 2.86 bits per heavy atom. The lowest BCUT2D eigenvalue weighted by atomic mass is 9.99. The lowest BCUT2D eigenvalue weighted by molar-refractivity contribution is 0.0758. The second kappa shape index (κ2) is 6.93. The maximum absolute atomic E-state index is 12.6. The zero-order chi connectivity index (χ0) is 15.4. The largest absolute Gasteiger partial charge is 0.409 e. The van der Waals surface area contributed by atoms with Crippen LogP contribution >= 0.6 is 11.3 Å². The van der Waals surface area contributed by atoms with E-state index in [1.807, 2.05) is 13.8 Å². The van der Waals surface area contributed by atoms with E-state index in [0.29, 0.717) is 13.1 Å². The van der Waals surface area contributed by atoms with Gasteiger partial charge in [-0.2, -0.15) is 0 Å². The predicted octanol–water partition coefficient (Wildman–Crippen LogP) is 2.47. The van der Waals surface area contributed by atoms with Crippen molar-refractivity contribution in [1.82, 2.24) is 4.90 Å². The zero-order valence-corrected chi connectivity index (χ0v) is 13.4. The normalized spacial score (nSPS) is 16.4. The summed E-state index contributed by atoms with van der Waals surface area (Å²) in [5.41, 5.74) is 6.95. The number of carbonyl (C=O) groups is 1. The molecule has 1 aromatic rings. The van der Waals surface area contributed by atoms with Gasteiger partial charge in [0.2, 0.25) is 0 Å². The quantitative estimate of drug-likeness (QED) is 0.379. The zero-order valence-electron chi connectivity index (χ0n) is 12.6. The number of amidine groups is 1. The molecule has 5 nitrogen and oxygen atoms in total. The number of nitrogens with two attached hydrogens (primary N) is 1. The topological polar surface area (TPSA) is 78.9 Å². The van der Waals surface area contributed by atoms with Crippen LogP contribution < -0.4 is 5.73 Å². The molecule has 116 valence electrons. The fourth-order valence-corrected chi connectivity index (χ4v) is 3.85. The average molecular weight is 309 g/mol. The van der Waals surface area contributed by atoms with Crippen molar-refractivity contribution in [1.29, 1.82) is 0 Å². The number of aryl methyl sites for hydroxylation is 2. The molecule has 1 atom stereocenters. The van der Waals surface area contributed by atoms with Crippen LogP contribution in [0.15, 0.2) is 11.2 Å². The molecule has 21 heavy (non-hydrogen) atoms. The van der Waals surface area contributed by atoms with E-state index in [2.05, 4.69) is 11.2 Å². The number of fused-ring (bicyclic) bond motifs is 1. The minimum Gasteiger partial charge on any atom is -0.409 e. The fraction of sp³-hybridized carbons (Fsp3) is 0.600. The lowest BCUT2D eigenvalue weighted by Gasteiger charge is -2.23. The Balaban J connectivity index is 2.11. The first kappa shape index (κ1) is 15.8. The Bertz CT molecular complexity index is 516. The SMILES string of the molecule is CCN(CC(C)C(N)=NO)C(=O)c1cc2c(s1)CCCC2. The molecule has 0 aliphatic heterocycles. The molecular weight excluding hydrogens is 286 g/mol. The van der Waals surface area contributed by atoms with Crippen LogP contribution in [0.1, 0.15) is 46.8 Å². The highest BCUT2D eigenvalue weighted by Gasteiger charge is 2.22. The van der Waals surface area contributed by atoms with Crippen molar-refractivity contribution in [3.8, 4) is 0 Å². The second-order valence-electron chi connectivity index (χ2n) is 5.54. The number of nitrogens with zero attached hydrogens (tertiary/aromatic N) is 2. The summed E-state index contributed by atoms with van der Waals surface area (Å²) >= 11 is 1.63. The Morgan fingerprint density at radius 1 is 1.52 bits per heavy atom. The third-order valence-electron chi connectivity index (χ3n) is 3.99. The first-order valence-corrected chi connectivity index (χ1v) is 8.26. The second-order valence-corrected chi connectivity index (χ2v) is 6.67. The van der Waals surface area contributed by atoms with Gasteiger partial charge in [0, 0.05) is 23.9 Å². The van der Waals surface area contributed by atoms with E-state index < -0.39 is 0 Å². The van der Waals surface area contributed by atoms with E-state index in [9.17, 15) is 4.79 Å². The summed E-state index contributed by atoms with van der Waals surface area (Å²) in [5, 5.41) is 11.7. The number of rotatable bonds is 5. The first-order valence-electron chi connectivity index (χ1n) is 7.45. The fourth-order valence-electron chi connectivity index (χ4n) is 2.63. The van der Waals surface area contributed by atoms with Crippen LogP contribution in [0.25, 0.3) is 0 Å². The van der Waals surface area contributed by atoms with Gasteiger partial charge in [0.15, 0.2) is 0 Å². The van der Waals surface area contributed by atoms with Crippen LogP contribution in [0.2, 0.25) is 0 Å². The van der Waals surface area contributed by atoms with Gasteiger partial charge in [-0.1, -0.05) is 12.1 Å². The van der Waals surface area contributed by atoms with Gasteiger partial charge in [-0.15, -0.1) is 11.3 Å². The molecule has 0 saturated carbocycles. The number of hydrogen-bond acceptors (Lipinski definition) is 4. The van der Waals surface area contributed by atoms with Gasteiger partial charge in [0.25, 0.3) is 5.91 Å². The Hall–Kier alpha value is -1.56. The molecule has 1 amide bonds. The minimum absolute atomic E-state index is 0.0505. The van der Waals surface area contributed by atoms with Crippen LogP contribution in [-0.2, 0) is 12.8 Å². The van der Waals surface area contributed by atoms with Gasteiger partial charge in [0.1, 0.15) is 5.84 Å². The molecule has 0 spiro atoms. The van der Waals surface area contributed by atoms with E-state index in [4.69, 9.17) is 10.9 Å². The number of carbonyl (C=O) groups excluding carboxylic acids is 1. The number of amides is 1. The molecule has 1 heterocycles. The Kier molecular flexibility index (Phi) is 5.22. The van der Waals surface area contributed by atoms with Crippen molar-refractivity contribution in [2.45, 2.75) is 39.5 Å². The molecule has 1 aliphatic carbocycles. The Morgan fingerprint density at radius 2 is 2.24 bits per heavy atom. The first-order chi connectivity index (χ1) is 10.1. The van der Waals surface area contributed by atoms with E-state index in [1.54, 1.807) is 16.2 Å². The van der Waals surface area contributed by atoms with Gasteiger partial charge in [-0.25, -0.2) is 0 Å². The molecule has 0 aromatic carbocycles. The highest BCUT2D eigenvalue weighted by atomic mass is 32.1. The Labute approximate surface area is 129 Å². The standard InChI is InChI=1S/C15H23N3O2S/c1-3-18(9-10(2)14(16)17-20)15(19)13-8-11-6-4-5-7-12(11)21-13/h8,10,20H,3-7,9H2,1-2H3,(H2,16,17). The van der Waals surface area contributed by atoms with Gasteiger partial charge in [0.05, 0.1) is 4.88 Å². The molecule has 1 aliphatic rings. The number of hydrogen-bond donors (Lipinski definition) is 2. The van der Waals surface area contributed by atoms with Crippen LogP contribution in [-0.4, -0.2) is 34.9 Å². The summed E-state index contributed by atoms with van der Waals surface area (Å²) in [6, 6.07) is 2.05. The predicted molar refractivity (Wildman–Crippen MR) is 85.1 cm³/mol. The summed E-state index contributed by atoms with van der Waals surface area (Å²) in [6.07, 6.45) is 4.63. The molecule has 2 rings (SSSR count). The van der Waals surface area contributed by atoms with Crippen molar-refractivity contribution in [2.24, 2.45) is 16.8 Å².